The van der Waals surface area contributed by atoms with Gasteiger partial charge >= 0.3 is 0 Å². The van der Waals surface area contributed by atoms with E-state index in [0.29, 0.717) is 5.92 Å². The van der Waals surface area contributed by atoms with Crippen molar-refractivity contribution in [3.05, 3.63) is 71.8 Å². The van der Waals surface area contributed by atoms with Gasteiger partial charge in [-0.05, 0) is 61.1 Å². The fourth-order valence-corrected chi connectivity index (χ4v) is 3.82. The highest BCUT2D eigenvalue weighted by Gasteiger charge is 2.56. The summed E-state index contributed by atoms with van der Waals surface area (Å²) in [4.78, 5) is 9.19. The highest BCUT2D eigenvalue weighted by atomic mass is 14.7. The SMILES string of the molecule is CC1=C(c2ccccn2)[C@H]2C[C@@]2(C)C(c2ccccn2)=CC1. The number of pyridine rings is 2. The number of hydrogen-bond acceptors (Lipinski definition) is 2. The van der Waals surface area contributed by atoms with Crippen LogP contribution < -0.4 is 0 Å². The van der Waals surface area contributed by atoms with E-state index in [4.69, 9.17) is 0 Å². The molecule has 22 heavy (non-hydrogen) atoms. The predicted molar refractivity (Wildman–Crippen MR) is 89.9 cm³/mol. The molecule has 2 aromatic heterocycles. The number of aromatic nitrogens is 2. The summed E-state index contributed by atoms with van der Waals surface area (Å²) >= 11 is 0. The van der Waals surface area contributed by atoms with E-state index in [9.17, 15) is 0 Å². The first-order valence-electron chi connectivity index (χ1n) is 7.93. The molecule has 2 nitrogen and oxygen atoms in total. The van der Waals surface area contributed by atoms with Crippen molar-refractivity contribution in [3.63, 3.8) is 0 Å². The molecule has 0 spiro atoms. The summed E-state index contributed by atoms with van der Waals surface area (Å²) in [6.07, 6.45) is 8.35. The van der Waals surface area contributed by atoms with E-state index in [1.54, 1.807) is 0 Å². The zero-order valence-corrected chi connectivity index (χ0v) is 13.1. The average Bonchev–Trinajstić information content (AvgIpc) is 3.22. The maximum Gasteiger partial charge on any atom is 0.0664 e. The van der Waals surface area contributed by atoms with Gasteiger partial charge in [0.15, 0.2) is 0 Å². The lowest BCUT2D eigenvalue weighted by atomic mass is 9.90. The van der Waals surface area contributed by atoms with Crippen LogP contribution in [0.4, 0.5) is 0 Å². The molecule has 2 heterocycles. The summed E-state index contributed by atoms with van der Waals surface area (Å²) in [6, 6.07) is 12.4. The Hall–Kier alpha value is -2.22. The number of fused-ring (bicyclic) bond motifs is 1. The Bertz CT molecular complexity index is 759. The Labute approximate surface area is 131 Å². The summed E-state index contributed by atoms with van der Waals surface area (Å²) in [5.41, 5.74) is 6.78. The van der Waals surface area contributed by atoms with Gasteiger partial charge in [-0.15, -0.1) is 0 Å². The van der Waals surface area contributed by atoms with Gasteiger partial charge in [-0.2, -0.15) is 0 Å². The molecule has 110 valence electrons. The lowest BCUT2D eigenvalue weighted by Gasteiger charge is -2.16. The summed E-state index contributed by atoms with van der Waals surface area (Å²) in [6.45, 7) is 4.63. The zero-order valence-electron chi connectivity index (χ0n) is 13.1. The number of rotatable bonds is 2. The van der Waals surface area contributed by atoms with E-state index in [0.717, 1.165) is 17.8 Å². The van der Waals surface area contributed by atoms with Crippen molar-refractivity contribution >= 4 is 11.1 Å². The molecular formula is C20H20N2. The van der Waals surface area contributed by atoms with Crippen molar-refractivity contribution in [2.45, 2.75) is 26.7 Å². The molecule has 2 aliphatic carbocycles. The maximum absolute atomic E-state index is 4.60. The largest absolute Gasteiger partial charge is 0.257 e. The molecule has 1 fully saturated rings. The monoisotopic (exact) mass is 288 g/mol. The second-order valence-corrected chi connectivity index (χ2v) is 6.62. The van der Waals surface area contributed by atoms with E-state index in [-0.39, 0.29) is 5.41 Å². The van der Waals surface area contributed by atoms with Crippen molar-refractivity contribution in [1.29, 1.82) is 0 Å². The Balaban J connectivity index is 1.76. The topological polar surface area (TPSA) is 25.8 Å². The Morgan fingerprint density at radius 2 is 1.68 bits per heavy atom. The van der Waals surface area contributed by atoms with E-state index < -0.39 is 0 Å². The summed E-state index contributed by atoms with van der Waals surface area (Å²) < 4.78 is 0. The van der Waals surface area contributed by atoms with Gasteiger partial charge in [-0.3, -0.25) is 9.97 Å². The minimum Gasteiger partial charge on any atom is -0.257 e. The Morgan fingerprint density at radius 1 is 1.00 bits per heavy atom. The van der Waals surface area contributed by atoms with Crippen LogP contribution in [0.3, 0.4) is 0 Å². The van der Waals surface area contributed by atoms with Crippen LogP contribution in [0.2, 0.25) is 0 Å². The summed E-state index contributed by atoms with van der Waals surface area (Å²) in [7, 11) is 0. The molecule has 0 unspecified atom stereocenters. The van der Waals surface area contributed by atoms with Crippen LogP contribution >= 0.6 is 0 Å². The number of allylic oxidation sites excluding steroid dienone is 4. The van der Waals surface area contributed by atoms with Crippen LogP contribution in [-0.4, -0.2) is 9.97 Å². The Kier molecular flexibility index (Phi) is 3.00. The zero-order chi connectivity index (χ0) is 15.2. The molecule has 4 rings (SSSR count). The molecule has 0 bridgehead atoms. The van der Waals surface area contributed by atoms with Gasteiger partial charge in [0.05, 0.1) is 11.4 Å². The quantitative estimate of drug-likeness (QED) is 0.796. The third-order valence-electron chi connectivity index (χ3n) is 5.15. The van der Waals surface area contributed by atoms with Gasteiger partial charge in [-0.1, -0.05) is 30.7 Å². The first-order chi connectivity index (χ1) is 10.7. The number of hydrogen-bond donors (Lipinski definition) is 0. The molecule has 0 radical (unpaired) electrons. The van der Waals surface area contributed by atoms with Crippen molar-refractivity contribution in [3.8, 4) is 0 Å². The molecule has 0 N–H and O–H groups in total. The van der Waals surface area contributed by atoms with Crippen LogP contribution in [0, 0.1) is 11.3 Å². The molecule has 0 aromatic carbocycles. The van der Waals surface area contributed by atoms with Crippen molar-refractivity contribution in [1.82, 2.24) is 9.97 Å². The van der Waals surface area contributed by atoms with Gasteiger partial charge in [-0.25, -0.2) is 0 Å². The fraction of sp³-hybridized carbons (Fsp3) is 0.300. The van der Waals surface area contributed by atoms with Gasteiger partial charge in [0, 0.05) is 17.8 Å². The Morgan fingerprint density at radius 3 is 2.32 bits per heavy atom. The second-order valence-electron chi connectivity index (χ2n) is 6.62. The van der Waals surface area contributed by atoms with Crippen molar-refractivity contribution in [2.75, 3.05) is 0 Å². The van der Waals surface area contributed by atoms with Crippen LogP contribution in [0.15, 0.2) is 60.4 Å². The standard InChI is InChI=1S/C20H20N2/c1-14-9-10-15(17-7-3-5-11-21-17)20(2)13-16(20)19(14)18-8-4-6-12-22-18/h3-8,10-12,16H,9,13H2,1-2H3/t16-,20+/m1/s1. The molecule has 0 aliphatic heterocycles. The fourth-order valence-electron chi connectivity index (χ4n) is 3.82. The molecular weight excluding hydrogens is 268 g/mol. The molecule has 2 aliphatic rings. The van der Waals surface area contributed by atoms with Crippen molar-refractivity contribution < 1.29 is 0 Å². The van der Waals surface area contributed by atoms with E-state index >= 15 is 0 Å². The highest BCUT2D eigenvalue weighted by molar-refractivity contribution is 5.82. The van der Waals surface area contributed by atoms with Gasteiger partial charge in [0.2, 0.25) is 0 Å². The lowest BCUT2D eigenvalue weighted by molar-refractivity contribution is 0.723. The highest BCUT2D eigenvalue weighted by Crippen LogP contribution is 2.66. The molecule has 2 aromatic rings. The third kappa shape index (κ3) is 2.02. The van der Waals surface area contributed by atoms with Crippen molar-refractivity contribution in [2.24, 2.45) is 11.3 Å². The van der Waals surface area contributed by atoms with Crippen LogP contribution in [-0.2, 0) is 0 Å². The maximum atomic E-state index is 4.60. The molecule has 2 heteroatoms. The van der Waals surface area contributed by atoms with E-state index in [1.807, 2.05) is 24.5 Å². The third-order valence-corrected chi connectivity index (χ3v) is 5.15. The normalized spacial score (nSPS) is 27.0. The van der Waals surface area contributed by atoms with Crippen LogP contribution in [0.1, 0.15) is 38.1 Å². The first-order valence-corrected chi connectivity index (χ1v) is 7.93. The summed E-state index contributed by atoms with van der Waals surface area (Å²) in [5.74, 6) is 0.568. The van der Waals surface area contributed by atoms with Gasteiger partial charge in [0.1, 0.15) is 0 Å². The smallest absolute Gasteiger partial charge is 0.0664 e. The van der Waals surface area contributed by atoms with E-state index in [1.165, 1.54) is 23.1 Å². The molecule has 0 amide bonds. The van der Waals surface area contributed by atoms with Crippen LogP contribution in [0.5, 0.6) is 0 Å². The first kappa shape index (κ1) is 13.4. The van der Waals surface area contributed by atoms with Gasteiger partial charge < -0.3 is 0 Å². The van der Waals surface area contributed by atoms with E-state index in [2.05, 4.69) is 54.2 Å². The number of nitrogens with zero attached hydrogens (tertiary/aromatic N) is 2. The minimum atomic E-state index is 0.207. The minimum absolute atomic E-state index is 0.207. The lowest BCUT2D eigenvalue weighted by Crippen LogP contribution is -2.05. The van der Waals surface area contributed by atoms with Gasteiger partial charge in [0.25, 0.3) is 0 Å². The second kappa shape index (κ2) is 4.91. The molecule has 2 atom stereocenters. The predicted octanol–water partition coefficient (Wildman–Crippen LogP) is 4.76. The molecule has 1 saturated carbocycles. The van der Waals surface area contributed by atoms with Crippen LogP contribution in [0.25, 0.3) is 11.1 Å². The average molecular weight is 288 g/mol. The molecule has 0 saturated heterocycles. The summed E-state index contributed by atoms with van der Waals surface area (Å²) in [5, 5.41) is 0.